The second-order valence-electron chi connectivity index (χ2n) is 5.90. The lowest BCUT2D eigenvalue weighted by Crippen LogP contribution is -2.32. The van der Waals surface area contributed by atoms with Crippen molar-refractivity contribution in [3.63, 3.8) is 0 Å². The lowest BCUT2D eigenvalue weighted by molar-refractivity contribution is -0.122. The quantitative estimate of drug-likeness (QED) is 0.609. The molecule has 0 saturated carbocycles. The topological polar surface area (TPSA) is 47.6 Å². The molecule has 0 aliphatic heterocycles. The summed E-state index contributed by atoms with van der Waals surface area (Å²) < 4.78 is 24.4. The van der Waals surface area contributed by atoms with Crippen LogP contribution in [0, 0.1) is 5.82 Å². The number of ether oxygens (including phenoxy) is 2. The number of halogens is 1. The van der Waals surface area contributed by atoms with Crippen LogP contribution in [-0.2, 0) is 4.79 Å². The Balaban J connectivity index is 1.59. The van der Waals surface area contributed by atoms with Crippen molar-refractivity contribution in [1.82, 2.24) is 0 Å². The van der Waals surface area contributed by atoms with E-state index in [2.05, 4.69) is 5.32 Å². The van der Waals surface area contributed by atoms with Crippen molar-refractivity contribution in [2.45, 2.75) is 19.4 Å². The lowest BCUT2D eigenvalue weighted by Gasteiger charge is -2.17. The minimum Gasteiger partial charge on any atom is -0.481 e. The van der Waals surface area contributed by atoms with Gasteiger partial charge in [-0.3, -0.25) is 4.79 Å². The van der Waals surface area contributed by atoms with Gasteiger partial charge in [0.2, 0.25) is 0 Å². The minimum absolute atomic E-state index is 0.265. The summed E-state index contributed by atoms with van der Waals surface area (Å²) >= 11 is 0. The molecular weight excluding hydrogens is 345 g/mol. The lowest BCUT2D eigenvalue weighted by atomic mass is 10.2. The third kappa shape index (κ3) is 5.31. The zero-order valence-corrected chi connectivity index (χ0v) is 14.9. The molecule has 1 N–H and O–H groups in total. The van der Waals surface area contributed by atoms with Crippen molar-refractivity contribution in [2.24, 2.45) is 0 Å². The van der Waals surface area contributed by atoms with Crippen LogP contribution in [0.2, 0.25) is 0 Å². The van der Waals surface area contributed by atoms with Gasteiger partial charge in [0, 0.05) is 5.69 Å². The Kier molecular flexibility index (Phi) is 6.05. The molecule has 0 radical (unpaired) electrons. The molecular formula is C22H20FNO3. The van der Waals surface area contributed by atoms with Crippen LogP contribution in [-0.4, -0.2) is 12.0 Å². The van der Waals surface area contributed by atoms with Crippen molar-refractivity contribution in [2.75, 3.05) is 5.32 Å². The molecule has 0 bridgehead atoms. The summed E-state index contributed by atoms with van der Waals surface area (Å²) in [4.78, 5) is 12.4. The van der Waals surface area contributed by atoms with Gasteiger partial charge < -0.3 is 14.8 Å². The average molecular weight is 365 g/mol. The van der Waals surface area contributed by atoms with Gasteiger partial charge in [-0.2, -0.15) is 0 Å². The van der Waals surface area contributed by atoms with Gasteiger partial charge >= 0.3 is 0 Å². The Morgan fingerprint density at radius 1 is 0.889 bits per heavy atom. The Bertz CT molecular complexity index is 864. The van der Waals surface area contributed by atoms with Gasteiger partial charge in [0.05, 0.1) is 0 Å². The van der Waals surface area contributed by atoms with Crippen LogP contribution in [0.25, 0.3) is 0 Å². The Hall–Kier alpha value is -3.34. The molecule has 0 aliphatic rings. The van der Waals surface area contributed by atoms with E-state index in [4.69, 9.17) is 9.47 Å². The molecule has 5 heteroatoms. The van der Waals surface area contributed by atoms with Crippen LogP contribution in [0.4, 0.5) is 10.1 Å². The number of rotatable bonds is 7. The fraction of sp³-hybridized carbons (Fsp3) is 0.136. The first kappa shape index (κ1) is 18.5. The van der Waals surface area contributed by atoms with E-state index in [1.807, 2.05) is 37.3 Å². The molecule has 138 valence electrons. The highest BCUT2D eigenvalue weighted by molar-refractivity contribution is 5.94. The molecule has 3 aromatic carbocycles. The number of carbonyl (C=O) groups is 1. The van der Waals surface area contributed by atoms with Crippen LogP contribution in [0.5, 0.6) is 17.2 Å². The highest BCUT2D eigenvalue weighted by Gasteiger charge is 2.18. The van der Waals surface area contributed by atoms with E-state index in [0.29, 0.717) is 23.6 Å². The monoisotopic (exact) mass is 365 g/mol. The van der Waals surface area contributed by atoms with E-state index in [-0.39, 0.29) is 11.7 Å². The van der Waals surface area contributed by atoms with Crippen molar-refractivity contribution in [3.8, 4) is 17.2 Å². The molecule has 0 fully saturated rings. The van der Waals surface area contributed by atoms with E-state index < -0.39 is 6.10 Å². The summed E-state index contributed by atoms with van der Waals surface area (Å²) in [7, 11) is 0. The third-order valence-electron chi connectivity index (χ3n) is 3.86. The number of benzene rings is 3. The minimum atomic E-state index is -0.671. The van der Waals surface area contributed by atoms with Crippen LogP contribution in [0.1, 0.15) is 13.3 Å². The summed E-state index contributed by atoms with van der Waals surface area (Å²) in [6.07, 6.45) is -0.186. The fourth-order valence-corrected chi connectivity index (χ4v) is 2.45. The van der Waals surface area contributed by atoms with E-state index in [1.54, 1.807) is 24.3 Å². The molecule has 0 aromatic heterocycles. The molecule has 0 aliphatic carbocycles. The third-order valence-corrected chi connectivity index (χ3v) is 3.86. The van der Waals surface area contributed by atoms with Crippen LogP contribution in [0.3, 0.4) is 0 Å². The van der Waals surface area contributed by atoms with Crippen molar-refractivity contribution >= 4 is 11.6 Å². The number of amides is 1. The molecule has 3 aromatic rings. The maximum Gasteiger partial charge on any atom is 0.265 e. The second-order valence-corrected chi connectivity index (χ2v) is 5.90. The number of carbonyl (C=O) groups excluding carboxylic acids is 1. The number of nitrogens with one attached hydrogen (secondary N) is 1. The second kappa shape index (κ2) is 8.85. The van der Waals surface area contributed by atoms with Crippen molar-refractivity contribution < 1.29 is 18.7 Å². The van der Waals surface area contributed by atoms with Crippen molar-refractivity contribution in [1.29, 1.82) is 0 Å². The standard InChI is InChI=1S/C22H20FNO3/c1-2-21(27-20-12-8-16(23)9-13-20)22(25)24-17-10-14-19(15-11-17)26-18-6-4-3-5-7-18/h3-15,21H,2H2,1H3,(H,24,25)/t21-/m0/s1. The molecule has 4 nitrogen and oxygen atoms in total. The van der Waals surface area contributed by atoms with Crippen LogP contribution < -0.4 is 14.8 Å². The zero-order chi connectivity index (χ0) is 19.1. The van der Waals surface area contributed by atoms with Gasteiger partial charge in [-0.15, -0.1) is 0 Å². The van der Waals surface area contributed by atoms with Crippen LogP contribution in [0.15, 0.2) is 78.9 Å². The van der Waals surface area contributed by atoms with E-state index in [0.717, 1.165) is 5.75 Å². The highest BCUT2D eigenvalue weighted by atomic mass is 19.1. The summed E-state index contributed by atoms with van der Waals surface area (Å²) in [6.45, 7) is 1.85. The number of anilines is 1. The Morgan fingerprint density at radius 3 is 2.11 bits per heavy atom. The Morgan fingerprint density at radius 2 is 1.48 bits per heavy atom. The largest absolute Gasteiger partial charge is 0.481 e. The zero-order valence-electron chi connectivity index (χ0n) is 14.9. The van der Waals surface area contributed by atoms with E-state index in [9.17, 15) is 9.18 Å². The molecule has 0 spiro atoms. The van der Waals surface area contributed by atoms with Gasteiger partial charge in [0.1, 0.15) is 23.1 Å². The van der Waals surface area contributed by atoms with Gasteiger partial charge in [-0.1, -0.05) is 25.1 Å². The molecule has 0 unspecified atom stereocenters. The summed E-state index contributed by atoms with van der Waals surface area (Å²) in [5, 5.41) is 2.82. The Labute approximate surface area is 157 Å². The molecule has 3 rings (SSSR count). The normalized spacial score (nSPS) is 11.5. The SMILES string of the molecule is CC[C@H](Oc1ccc(F)cc1)C(=O)Nc1ccc(Oc2ccccc2)cc1. The highest BCUT2D eigenvalue weighted by Crippen LogP contribution is 2.23. The van der Waals surface area contributed by atoms with E-state index in [1.165, 1.54) is 24.3 Å². The number of para-hydroxylation sites is 1. The summed E-state index contributed by atoms with van der Waals surface area (Å²) in [6, 6.07) is 22.1. The fourth-order valence-electron chi connectivity index (χ4n) is 2.45. The first-order chi connectivity index (χ1) is 13.1. The first-order valence-electron chi connectivity index (χ1n) is 8.70. The van der Waals surface area contributed by atoms with Gasteiger partial charge in [-0.05, 0) is 67.1 Å². The smallest absolute Gasteiger partial charge is 0.265 e. The first-order valence-corrected chi connectivity index (χ1v) is 8.70. The van der Waals surface area contributed by atoms with Crippen molar-refractivity contribution in [3.05, 3.63) is 84.7 Å². The van der Waals surface area contributed by atoms with Crippen LogP contribution >= 0.6 is 0 Å². The average Bonchev–Trinajstić information content (AvgIpc) is 2.70. The maximum atomic E-state index is 13.0. The molecule has 0 heterocycles. The van der Waals surface area contributed by atoms with Gasteiger partial charge in [0.15, 0.2) is 6.10 Å². The van der Waals surface area contributed by atoms with Gasteiger partial charge in [0.25, 0.3) is 5.91 Å². The van der Waals surface area contributed by atoms with E-state index >= 15 is 0 Å². The predicted octanol–water partition coefficient (Wildman–Crippen LogP) is 5.41. The number of hydrogen-bond donors (Lipinski definition) is 1. The summed E-state index contributed by atoms with van der Waals surface area (Å²) in [5.74, 6) is 1.25. The molecule has 27 heavy (non-hydrogen) atoms. The molecule has 1 atom stereocenters. The predicted molar refractivity (Wildman–Crippen MR) is 103 cm³/mol. The molecule has 1 amide bonds. The summed E-state index contributed by atoms with van der Waals surface area (Å²) in [5.41, 5.74) is 0.640. The molecule has 0 saturated heterocycles. The number of hydrogen-bond acceptors (Lipinski definition) is 3. The van der Waals surface area contributed by atoms with Gasteiger partial charge in [-0.25, -0.2) is 4.39 Å². The maximum absolute atomic E-state index is 13.0.